The molecule has 7 heterocycles. The van der Waals surface area contributed by atoms with Crippen LogP contribution < -0.4 is 30.1 Å². The molecule has 278 valence electrons. The van der Waals surface area contributed by atoms with Crippen LogP contribution >= 0.6 is 0 Å². The SMILES string of the molecule is COc1cc(OC)c2c(=O)[nH]c(-c3ccc(N4CCC(CN5CC6CC(C5)N6c5ccc6c(c5)C(=O)N(C5CCC(=O)NC5=O)C6=O)CC4)cc3)nc2c1. The van der Waals surface area contributed by atoms with Crippen molar-refractivity contribution in [1.29, 1.82) is 0 Å². The van der Waals surface area contributed by atoms with Crippen LogP contribution in [0.4, 0.5) is 11.4 Å². The maximum atomic E-state index is 13.4. The summed E-state index contributed by atoms with van der Waals surface area (Å²) in [5.41, 5.74) is 3.78. The van der Waals surface area contributed by atoms with E-state index in [0.29, 0.717) is 57.4 Å². The molecular formula is C40H41N7O7. The number of nitrogens with one attached hydrogen (secondary N) is 2. The minimum Gasteiger partial charge on any atom is -0.497 e. The number of carbonyl (C=O) groups is 4. The van der Waals surface area contributed by atoms with Crippen molar-refractivity contribution >= 4 is 45.9 Å². The number of fused-ring (bicyclic) bond motifs is 4. The third-order valence-corrected chi connectivity index (χ3v) is 11.8. The van der Waals surface area contributed by atoms with E-state index in [1.54, 1.807) is 25.3 Å². The smallest absolute Gasteiger partial charge is 0.262 e. The summed E-state index contributed by atoms with van der Waals surface area (Å²) in [6, 6.07) is 16.7. The van der Waals surface area contributed by atoms with Gasteiger partial charge in [0.05, 0.1) is 30.9 Å². The molecule has 14 nitrogen and oxygen atoms in total. The molecule has 2 bridgehead atoms. The van der Waals surface area contributed by atoms with E-state index in [2.05, 4.69) is 37.1 Å². The number of methoxy groups -OCH3 is 2. The first-order valence-electron chi connectivity index (χ1n) is 18.6. The zero-order chi connectivity index (χ0) is 37.2. The molecule has 6 aliphatic rings. The molecule has 10 rings (SSSR count). The second kappa shape index (κ2) is 13.3. The number of anilines is 2. The van der Waals surface area contributed by atoms with E-state index < -0.39 is 23.8 Å². The van der Waals surface area contributed by atoms with E-state index in [1.807, 2.05) is 24.3 Å². The van der Waals surface area contributed by atoms with Crippen molar-refractivity contribution in [3.8, 4) is 22.9 Å². The number of piperidine rings is 3. The van der Waals surface area contributed by atoms with E-state index in [1.165, 1.54) is 7.11 Å². The van der Waals surface area contributed by atoms with Gasteiger partial charge in [0.25, 0.3) is 17.4 Å². The molecule has 3 atom stereocenters. The number of hydrogen-bond donors (Lipinski definition) is 2. The van der Waals surface area contributed by atoms with Gasteiger partial charge in [0, 0.05) is 80.3 Å². The van der Waals surface area contributed by atoms with Crippen molar-refractivity contribution < 1.29 is 28.7 Å². The summed E-state index contributed by atoms with van der Waals surface area (Å²) in [6.45, 7) is 4.91. The van der Waals surface area contributed by atoms with Gasteiger partial charge in [-0.15, -0.1) is 0 Å². The Kier molecular flexibility index (Phi) is 8.36. The highest BCUT2D eigenvalue weighted by Gasteiger charge is 2.48. The van der Waals surface area contributed by atoms with Crippen molar-refractivity contribution in [2.45, 2.75) is 50.2 Å². The predicted molar refractivity (Wildman–Crippen MR) is 200 cm³/mol. The lowest BCUT2D eigenvalue weighted by Gasteiger charge is -2.58. The average Bonchev–Trinajstić information content (AvgIpc) is 3.42. The van der Waals surface area contributed by atoms with E-state index in [-0.39, 0.29) is 24.3 Å². The predicted octanol–water partition coefficient (Wildman–Crippen LogP) is 3.19. The highest BCUT2D eigenvalue weighted by Crippen LogP contribution is 2.40. The number of piperazine rings is 1. The zero-order valence-electron chi connectivity index (χ0n) is 30.2. The number of aromatic nitrogens is 2. The Balaban J connectivity index is 0.796. The van der Waals surface area contributed by atoms with Crippen LogP contribution in [0.25, 0.3) is 22.3 Å². The van der Waals surface area contributed by atoms with E-state index in [0.717, 1.165) is 73.8 Å². The molecular weight excluding hydrogens is 690 g/mol. The van der Waals surface area contributed by atoms with Crippen LogP contribution in [0.15, 0.2) is 59.4 Å². The van der Waals surface area contributed by atoms with Crippen LogP contribution in [0, 0.1) is 5.92 Å². The van der Waals surface area contributed by atoms with Crippen molar-refractivity contribution in [3.05, 3.63) is 76.1 Å². The van der Waals surface area contributed by atoms with Crippen LogP contribution in [0.5, 0.6) is 11.5 Å². The number of benzene rings is 3. The van der Waals surface area contributed by atoms with Crippen molar-refractivity contribution in [3.63, 3.8) is 0 Å². The van der Waals surface area contributed by atoms with Gasteiger partial charge >= 0.3 is 0 Å². The molecule has 4 aromatic rings. The summed E-state index contributed by atoms with van der Waals surface area (Å²) in [5.74, 6) is 0.141. The Hall–Kier alpha value is -5.76. The number of H-pyrrole nitrogens is 1. The molecule has 54 heavy (non-hydrogen) atoms. The zero-order valence-corrected chi connectivity index (χ0v) is 30.2. The monoisotopic (exact) mass is 731 g/mol. The molecule has 0 saturated carbocycles. The second-order valence-electron chi connectivity index (χ2n) is 15.0. The lowest BCUT2D eigenvalue weighted by atomic mass is 9.85. The summed E-state index contributed by atoms with van der Waals surface area (Å²) in [4.78, 5) is 79.7. The van der Waals surface area contributed by atoms with Crippen molar-refractivity contribution in [1.82, 2.24) is 25.1 Å². The average molecular weight is 732 g/mol. The first-order chi connectivity index (χ1) is 26.2. The number of hydrogen-bond acceptors (Lipinski definition) is 11. The van der Waals surface area contributed by atoms with Gasteiger partial charge < -0.3 is 24.3 Å². The summed E-state index contributed by atoms with van der Waals surface area (Å²) in [7, 11) is 3.08. The molecule has 0 radical (unpaired) electrons. The molecule has 5 fully saturated rings. The number of rotatable bonds is 8. The number of imide groups is 2. The summed E-state index contributed by atoms with van der Waals surface area (Å²) in [5, 5.41) is 2.64. The topological polar surface area (TPSA) is 157 Å². The number of amides is 4. The number of aromatic amines is 1. The number of nitrogens with zero attached hydrogens (tertiary/aromatic N) is 5. The maximum absolute atomic E-state index is 13.4. The van der Waals surface area contributed by atoms with E-state index in [9.17, 15) is 24.0 Å². The van der Waals surface area contributed by atoms with Gasteiger partial charge in [-0.1, -0.05) is 0 Å². The highest BCUT2D eigenvalue weighted by molar-refractivity contribution is 6.23. The summed E-state index contributed by atoms with van der Waals surface area (Å²) >= 11 is 0. The fourth-order valence-electron chi connectivity index (χ4n) is 9.08. The molecule has 6 aliphatic heterocycles. The largest absolute Gasteiger partial charge is 0.497 e. The van der Waals surface area contributed by atoms with Crippen LogP contribution in [0.2, 0.25) is 0 Å². The van der Waals surface area contributed by atoms with E-state index in [4.69, 9.17) is 14.5 Å². The molecule has 5 saturated heterocycles. The molecule has 0 spiro atoms. The molecule has 2 N–H and O–H groups in total. The summed E-state index contributed by atoms with van der Waals surface area (Å²) < 4.78 is 10.8. The minimum atomic E-state index is -0.967. The third kappa shape index (κ3) is 5.75. The quantitative estimate of drug-likeness (QED) is 0.257. The van der Waals surface area contributed by atoms with Gasteiger partial charge in [0.2, 0.25) is 11.8 Å². The number of ether oxygens (including phenoxy) is 2. The van der Waals surface area contributed by atoms with Gasteiger partial charge in [-0.2, -0.15) is 0 Å². The third-order valence-electron chi connectivity index (χ3n) is 11.8. The molecule has 14 heteroatoms. The molecule has 1 aromatic heterocycles. The van der Waals surface area contributed by atoms with Crippen LogP contribution in [0.1, 0.15) is 52.8 Å². The first kappa shape index (κ1) is 34.0. The van der Waals surface area contributed by atoms with Crippen LogP contribution in [0.3, 0.4) is 0 Å². The van der Waals surface area contributed by atoms with Gasteiger partial charge in [0.1, 0.15) is 28.8 Å². The van der Waals surface area contributed by atoms with Gasteiger partial charge in [-0.25, -0.2) is 4.98 Å². The Bertz CT molecular complexity index is 2250. The Morgan fingerprint density at radius 2 is 1.54 bits per heavy atom. The fourth-order valence-corrected chi connectivity index (χ4v) is 9.08. The Morgan fingerprint density at radius 3 is 2.24 bits per heavy atom. The Morgan fingerprint density at radius 1 is 0.815 bits per heavy atom. The minimum absolute atomic E-state index is 0.0972. The highest BCUT2D eigenvalue weighted by atomic mass is 16.5. The first-order valence-corrected chi connectivity index (χ1v) is 18.6. The van der Waals surface area contributed by atoms with Gasteiger partial charge in [0.15, 0.2) is 0 Å². The Labute approximate surface area is 311 Å². The second-order valence-corrected chi connectivity index (χ2v) is 15.0. The maximum Gasteiger partial charge on any atom is 0.262 e. The molecule has 4 amide bonds. The van der Waals surface area contributed by atoms with Crippen molar-refractivity contribution in [2.75, 3.05) is 56.7 Å². The molecule has 0 aliphatic carbocycles. The van der Waals surface area contributed by atoms with Crippen molar-refractivity contribution in [2.24, 2.45) is 5.92 Å². The fraction of sp³-hybridized carbons (Fsp3) is 0.400. The number of carbonyl (C=O) groups excluding carboxylic acids is 4. The normalized spacial score (nSPS) is 23.1. The van der Waals surface area contributed by atoms with E-state index >= 15 is 0 Å². The van der Waals surface area contributed by atoms with Gasteiger partial charge in [-0.3, -0.25) is 39.1 Å². The lowest BCUT2D eigenvalue weighted by molar-refractivity contribution is -0.136. The standard InChI is InChI=1S/C40H41N7O7/c1-53-28-17-31-35(33(18-28)54-2)38(50)43-36(41-31)23-3-5-24(6-4-23)45-13-11-22(12-14-45)19-44-20-26-15-27(21-44)46(26)25-7-8-29-30(16-25)40(52)47(39(29)51)32-9-10-34(48)42-37(32)49/h3-8,16-18,22,26-27,32H,9-15,19-21H2,1-2H3,(H,41,43,50)(H,42,48,49). The van der Waals surface area contributed by atoms with Crippen LogP contribution in [-0.2, 0) is 9.59 Å². The summed E-state index contributed by atoms with van der Waals surface area (Å²) in [6.07, 6.45) is 3.54. The molecule has 3 unspecified atom stereocenters. The van der Waals surface area contributed by atoms with Crippen LogP contribution in [-0.4, -0.2) is 108 Å². The lowest BCUT2D eigenvalue weighted by Crippen LogP contribution is -2.69. The molecule has 3 aromatic carbocycles. The van der Waals surface area contributed by atoms with Gasteiger partial charge in [-0.05, 0) is 74.1 Å².